The van der Waals surface area contributed by atoms with Crippen LogP contribution in [0.25, 0.3) is 5.70 Å². The van der Waals surface area contributed by atoms with Gasteiger partial charge < -0.3 is 0 Å². The highest BCUT2D eigenvalue weighted by atomic mass is 15.1. The molecule has 0 radical (unpaired) electrons. The second kappa shape index (κ2) is 4.93. The molecule has 0 spiro atoms. The van der Waals surface area contributed by atoms with Crippen molar-refractivity contribution in [3.05, 3.63) is 54.6 Å². The van der Waals surface area contributed by atoms with Crippen LogP contribution in [-0.2, 0) is 6.54 Å². The average molecular weight is 223 g/mol. The highest BCUT2D eigenvalue weighted by Crippen LogP contribution is 1.99. The van der Waals surface area contributed by atoms with Crippen LogP contribution in [0.2, 0.25) is 0 Å². The van der Waals surface area contributed by atoms with Gasteiger partial charge in [-0.3, -0.25) is 5.41 Å². The third kappa shape index (κ3) is 2.49. The van der Waals surface area contributed by atoms with Crippen LogP contribution < -0.4 is 4.57 Å². The molecule has 0 amide bonds. The minimum absolute atomic E-state index is 0.178. The van der Waals surface area contributed by atoms with Crippen LogP contribution in [0, 0.1) is 16.7 Å². The summed E-state index contributed by atoms with van der Waals surface area (Å²) in [7, 11) is 0. The molecule has 0 atom stereocenters. The van der Waals surface area contributed by atoms with Crippen molar-refractivity contribution >= 4 is 11.6 Å². The molecule has 0 fully saturated rings. The highest BCUT2D eigenvalue weighted by molar-refractivity contribution is 5.86. The first kappa shape index (κ1) is 10.9. The number of allylic oxidation sites excluding steroid dienone is 1. The Hall–Kier alpha value is -2.63. The maximum atomic E-state index is 8.78. The fourth-order valence-corrected chi connectivity index (χ4v) is 1.56. The lowest BCUT2D eigenvalue weighted by molar-refractivity contribution is -0.687. The molecular weight excluding hydrogens is 212 g/mol. The number of benzene rings is 1. The Kier molecular flexibility index (Phi) is 3.15. The van der Waals surface area contributed by atoms with Gasteiger partial charge in [0.05, 0.1) is 0 Å². The predicted molar refractivity (Wildman–Crippen MR) is 63.2 cm³/mol. The van der Waals surface area contributed by atoms with E-state index < -0.39 is 0 Å². The van der Waals surface area contributed by atoms with Gasteiger partial charge in [0, 0.05) is 5.87 Å². The summed E-state index contributed by atoms with van der Waals surface area (Å²) in [5, 5.41) is 15.8. The van der Waals surface area contributed by atoms with Crippen molar-refractivity contribution in [1.82, 2.24) is 4.57 Å². The van der Waals surface area contributed by atoms with Crippen LogP contribution in [0.5, 0.6) is 0 Å². The van der Waals surface area contributed by atoms with Gasteiger partial charge in [0.15, 0.2) is 6.07 Å². The van der Waals surface area contributed by atoms with E-state index in [0.29, 0.717) is 0 Å². The number of rotatable bonds is 3. The van der Waals surface area contributed by atoms with Crippen LogP contribution in [0.4, 0.5) is 0 Å². The van der Waals surface area contributed by atoms with Crippen molar-refractivity contribution < 1.29 is 4.57 Å². The molecule has 0 saturated carbocycles. The molecule has 82 valence electrons. The monoisotopic (exact) mass is 223 g/mol. The second-order valence-electron chi connectivity index (χ2n) is 3.56. The van der Waals surface area contributed by atoms with E-state index in [0.717, 1.165) is 6.54 Å². The molecule has 1 heterocycles. The molecule has 0 unspecified atom stereocenters. The van der Waals surface area contributed by atoms with E-state index in [1.807, 2.05) is 47.2 Å². The fourth-order valence-electron chi connectivity index (χ4n) is 1.56. The molecule has 2 aromatic rings. The second-order valence-corrected chi connectivity index (χ2v) is 3.56. The first-order chi connectivity index (χ1) is 8.33. The number of hydrogen-bond acceptors (Lipinski definition) is 2. The van der Waals surface area contributed by atoms with Gasteiger partial charge in [0.1, 0.15) is 18.9 Å². The van der Waals surface area contributed by atoms with Crippen LogP contribution in [0.1, 0.15) is 5.56 Å². The average Bonchev–Trinajstić information content (AvgIpc) is 2.81. The maximum Gasteiger partial charge on any atom is 0.271 e. The maximum absolute atomic E-state index is 8.78. The van der Waals surface area contributed by atoms with Gasteiger partial charge in [-0.05, 0) is 5.56 Å². The van der Waals surface area contributed by atoms with Gasteiger partial charge in [-0.25, -0.2) is 4.57 Å². The number of nitrogens with one attached hydrogen (secondary N) is 1. The van der Waals surface area contributed by atoms with E-state index in [-0.39, 0.29) is 5.70 Å². The zero-order valence-corrected chi connectivity index (χ0v) is 9.17. The molecule has 1 aromatic carbocycles. The van der Waals surface area contributed by atoms with Gasteiger partial charge >= 0.3 is 0 Å². The Bertz CT molecular complexity index is 598. The summed E-state index contributed by atoms with van der Waals surface area (Å²) >= 11 is 0. The summed E-state index contributed by atoms with van der Waals surface area (Å²) < 4.78 is 3.53. The quantitative estimate of drug-likeness (QED) is 0.477. The molecule has 4 nitrogen and oxygen atoms in total. The SMILES string of the molecule is N#CC(=C=N)n1cc[n+](Cc2ccccc2)c1. The molecule has 1 aromatic heterocycles. The Morgan fingerprint density at radius 1 is 1.35 bits per heavy atom. The summed E-state index contributed by atoms with van der Waals surface area (Å²) in [5.74, 6) is 2.10. The number of aromatic nitrogens is 2. The van der Waals surface area contributed by atoms with E-state index in [1.54, 1.807) is 17.1 Å². The molecule has 0 aliphatic carbocycles. The van der Waals surface area contributed by atoms with E-state index in [9.17, 15) is 0 Å². The Labute approximate surface area is 99.2 Å². The Balaban J connectivity index is 2.21. The molecule has 4 heteroatoms. The van der Waals surface area contributed by atoms with E-state index in [4.69, 9.17) is 10.7 Å². The molecule has 0 aliphatic heterocycles. The lowest BCUT2D eigenvalue weighted by Crippen LogP contribution is -2.31. The molecule has 0 saturated heterocycles. The number of nitrogens with zero attached hydrogens (tertiary/aromatic N) is 3. The van der Waals surface area contributed by atoms with E-state index in [1.165, 1.54) is 5.56 Å². The molecule has 1 N–H and O–H groups in total. The normalized spacial score (nSPS) is 9.35. The van der Waals surface area contributed by atoms with Gasteiger partial charge in [0.2, 0.25) is 6.33 Å². The van der Waals surface area contributed by atoms with Crippen molar-refractivity contribution in [2.75, 3.05) is 0 Å². The van der Waals surface area contributed by atoms with Crippen LogP contribution in [0.15, 0.2) is 49.1 Å². The van der Waals surface area contributed by atoms with Crippen LogP contribution >= 0.6 is 0 Å². The van der Waals surface area contributed by atoms with Gasteiger partial charge in [-0.15, -0.1) is 0 Å². The third-order valence-electron chi connectivity index (χ3n) is 2.38. The van der Waals surface area contributed by atoms with Crippen molar-refractivity contribution in [2.45, 2.75) is 6.54 Å². The predicted octanol–water partition coefficient (Wildman–Crippen LogP) is 1.44. The van der Waals surface area contributed by atoms with Gasteiger partial charge in [-0.2, -0.15) is 9.83 Å². The molecule has 0 bridgehead atoms. The van der Waals surface area contributed by atoms with Crippen molar-refractivity contribution in [3.63, 3.8) is 0 Å². The Morgan fingerprint density at radius 2 is 2.12 bits per heavy atom. The van der Waals surface area contributed by atoms with Crippen LogP contribution in [-0.4, -0.2) is 10.4 Å². The summed E-state index contributed by atoms with van der Waals surface area (Å²) in [6.45, 7) is 0.741. The van der Waals surface area contributed by atoms with Crippen molar-refractivity contribution in [2.24, 2.45) is 0 Å². The molecule has 0 aliphatic rings. The summed E-state index contributed by atoms with van der Waals surface area (Å²) in [5.41, 5.74) is 1.37. The topological polar surface area (TPSA) is 56.5 Å². The van der Waals surface area contributed by atoms with Gasteiger partial charge in [0.25, 0.3) is 5.70 Å². The molecule has 17 heavy (non-hydrogen) atoms. The van der Waals surface area contributed by atoms with Crippen molar-refractivity contribution in [1.29, 1.82) is 10.7 Å². The third-order valence-corrected chi connectivity index (χ3v) is 2.38. The zero-order valence-electron chi connectivity index (χ0n) is 9.17. The number of nitriles is 1. The smallest absolute Gasteiger partial charge is 0.254 e. The molecular formula is C13H11N4+. The minimum Gasteiger partial charge on any atom is -0.254 e. The van der Waals surface area contributed by atoms with Crippen molar-refractivity contribution in [3.8, 4) is 6.07 Å². The van der Waals surface area contributed by atoms with Gasteiger partial charge in [-0.1, -0.05) is 30.3 Å². The summed E-state index contributed by atoms with van der Waals surface area (Å²) in [4.78, 5) is 0. The van der Waals surface area contributed by atoms with Crippen LogP contribution in [0.3, 0.4) is 0 Å². The summed E-state index contributed by atoms with van der Waals surface area (Å²) in [6, 6.07) is 12.0. The molecule has 2 rings (SSSR count). The largest absolute Gasteiger partial charge is 0.271 e. The standard InChI is InChI=1S/C13H11N4/c14-8-13(9-15)17-7-6-16(11-17)10-12-4-2-1-3-5-12/h1-7,11,14H,10H2/q+1. The van der Waals surface area contributed by atoms with E-state index in [2.05, 4.69) is 5.87 Å². The summed E-state index contributed by atoms with van der Waals surface area (Å²) in [6.07, 6.45) is 5.37. The highest BCUT2D eigenvalue weighted by Gasteiger charge is 2.08. The Morgan fingerprint density at radius 3 is 2.76 bits per heavy atom. The lowest BCUT2D eigenvalue weighted by Gasteiger charge is -1.95. The number of imidazole rings is 1. The lowest BCUT2D eigenvalue weighted by atomic mass is 10.2. The van der Waals surface area contributed by atoms with E-state index >= 15 is 0 Å². The first-order valence-electron chi connectivity index (χ1n) is 5.14. The zero-order chi connectivity index (χ0) is 12.1. The minimum atomic E-state index is 0.178. The number of hydrogen-bond donors (Lipinski definition) is 1. The fraction of sp³-hybridized carbons (Fsp3) is 0.0769. The first-order valence-corrected chi connectivity index (χ1v) is 5.14.